The third kappa shape index (κ3) is 7.66. The van der Waals surface area contributed by atoms with Gasteiger partial charge in [-0.2, -0.15) is 0 Å². The van der Waals surface area contributed by atoms with E-state index in [4.69, 9.17) is 9.47 Å². The number of ether oxygens (including phenoxy) is 2. The first-order chi connectivity index (χ1) is 26.0. The average Bonchev–Trinajstić information content (AvgIpc) is 3.21. The molecule has 0 aromatic heterocycles. The topological polar surface area (TPSA) is 37.0 Å². The van der Waals surface area contributed by atoms with Crippen LogP contribution in [0, 0.1) is 11.8 Å². The lowest BCUT2D eigenvalue weighted by atomic mass is 9.82. The molecule has 0 spiro atoms. The summed E-state index contributed by atoms with van der Waals surface area (Å²) in [6.07, 6.45) is 5.15. The summed E-state index contributed by atoms with van der Waals surface area (Å²) in [4.78, 5) is 4.66. The fraction of sp³-hybridized carbons (Fsp3) is 0.271. The lowest BCUT2D eigenvalue weighted by Gasteiger charge is -2.31. The van der Waals surface area contributed by atoms with Gasteiger partial charge in [0, 0.05) is 41.3 Å². The first-order valence-corrected chi connectivity index (χ1v) is 19.2. The monoisotopic (exact) mass is 702 g/mol. The van der Waals surface area contributed by atoms with Crippen LogP contribution in [0.3, 0.4) is 0 Å². The molecule has 5 heteroatoms. The molecule has 7 rings (SSSR count). The zero-order chi connectivity index (χ0) is 36.7. The Labute approximate surface area is 316 Å². The first-order valence-electron chi connectivity index (χ1n) is 19.2. The zero-order valence-corrected chi connectivity index (χ0v) is 31.8. The van der Waals surface area contributed by atoms with Gasteiger partial charge in [0.25, 0.3) is 0 Å². The molecule has 1 aliphatic carbocycles. The SMILES string of the molecule is CCN(c1ccc(OC)cc1)c1ccc([C+](c2ccc(N(CC)c3ccc(OC)cc3)cc2)c2ccc(NC3CCCCC3C)c3ccccc23)cc1. The van der Waals surface area contributed by atoms with E-state index in [9.17, 15) is 0 Å². The van der Waals surface area contributed by atoms with Crippen LogP contribution in [0.2, 0.25) is 0 Å². The molecule has 0 saturated heterocycles. The number of anilines is 5. The van der Waals surface area contributed by atoms with Gasteiger partial charge in [-0.15, -0.1) is 0 Å². The highest BCUT2D eigenvalue weighted by atomic mass is 16.5. The summed E-state index contributed by atoms with van der Waals surface area (Å²) in [6, 6.07) is 48.8. The number of hydrogen-bond donors (Lipinski definition) is 1. The van der Waals surface area contributed by atoms with Crippen molar-refractivity contribution >= 4 is 39.2 Å². The van der Waals surface area contributed by atoms with E-state index in [1.807, 2.05) is 24.3 Å². The highest BCUT2D eigenvalue weighted by molar-refractivity contribution is 5.98. The molecule has 0 radical (unpaired) electrons. The van der Waals surface area contributed by atoms with Gasteiger partial charge in [0.1, 0.15) is 11.5 Å². The molecule has 2 unspecified atom stereocenters. The summed E-state index contributed by atoms with van der Waals surface area (Å²) in [5.74, 6) is 3.61. The lowest BCUT2D eigenvalue weighted by Crippen LogP contribution is -2.30. The van der Waals surface area contributed by atoms with Crippen LogP contribution in [-0.4, -0.2) is 33.4 Å². The molecular weight excluding hydrogens is 651 g/mol. The second-order valence-electron chi connectivity index (χ2n) is 14.1. The highest BCUT2D eigenvalue weighted by Gasteiger charge is 2.28. The van der Waals surface area contributed by atoms with Crippen LogP contribution in [-0.2, 0) is 0 Å². The molecule has 6 aromatic carbocycles. The third-order valence-corrected chi connectivity index (χ3v) is 11.0. The van der Waals surface area contributed by atoms with E-state index in [0.717, 1.165) is 47.3 Å². The van der Waals surface area contributed by atoms with Gasteiger partial charge in [-0.3, -0.25) is 0 Å². The molecule has 5 nitrogen and oxygen atoms in total. The number of hydrogen-bond acceptors (Lipinski definition) is 5. The van der Waals surface area contributed by atoms with Crippen molar-refractivity contribution in [3.63, 3.8) is 0 Å². The van der Waals surface area contributed by atoms with Crippen molar-refractivity contribution in [3.05, 3.63) is 156 Å². The predicted molar refractivity (Wildman–Crippen MR) is 224 cm³/mol. The van der Waals surface area contributed by atoms with Gasteiger partial charge < -0.3 is 24.6 Å². The number of nitrogens with one attached hydrogen (secondary N) is 1. The van der Waals surface area contributed by atoms with Crippen LogP contribution in [0.25, 0.3) is 10.8 Å². The first kappa shape index (κ1) is 35.8. The van der Waals surface area contributed by atoms with Crippen molar-refractivity contribution in [2.24, 2.45) is 5.92 Å². The quantitative estimate of drug-likeness (QED) is 0.0958. The minimum Gasteiger partial charge on any atom is -0.497 e. The maximum atomic E-state index is 5.42. The number of nitrogens with zero attached hydrogens (tertiary/aromatic N) is 2. The van der Waals surface area contributed by atoms with Gasteiger partial charge >= 0.3 is 0 Å². The van der Waals surface area contributed by atoms with Crippen LogP contribution >= 0.6 is 0 Å². The Balaban J connectivity index is 1.29. The van der Waals surface area contributed by atoms with E-state index < -0.39 is 0 Å². The summed E-state index contributed by atoms with van der Waals surface area (Å²) in [5, 5.41) is 6.50. The smallest absolute Gasteiger partial charge is 0.119 e. The van der Waals surface area contributed by atoms with Crippen LogP contribution in [0.4, 0.5) is 28.4 Å². The Morgan fingerprint density at radius 2 is 1.02 bits per heavy atom. The van der Waals surface area contributed by atoms with Crippen LogP contribution < -0.4 is 24.6 Å². The maximum Gasteiger partial charge on any atom is 0.119 e. The van der Waals surface area contributed by atoms with Gasteiger partial charge in [-0.1, -0.05) is 31.9 Å². The van der Waals surface area contributed by atoms with Gasteiger partial charge in [0.05, 0.1) is 53.9 Å². The Bertz CT molecular complexity index is 1980. The van der Waals surface area contributed by atoms with E-state index in [1.165, 1.54) is 64.8 Å². The second kappa shape index (κ2) is 16.4. The maximum absolute atomic E-state index is 5.42. The van der Waals surface area contributed by atoms with Gasteiger partial charge in [0.15, 0.2) is 0 Å². The van der Waals surface area contributed by atoms with Crippen molar-refractivity contribution in [2.75, 3.05) is 42.4 Å². The Morgan fingerprint density at radius 3 is 1.47 bits per heavy atom. The molecule has 270 valence electrons. The molecule has 0 aliphatic heterocycles. The minimum absolute atomic E-state index is 0.501. The predicted octanol–water partition coefficient (Wildman–Crippen LogP) is 12.2. The molecular formula is C48H52N3O2+. The molecule has 1 saturated carbocycles. The number of fused-ring (bicyclic) bond motifs is 1. The standard InChI is InChI=1S/C48H52N3O2/c1-6-50(39-24-28-41(52-4)29-25-39)37-20-16-35(17-21-37)48(36-18-22-38(23-19-36)51(7-2)40-26-30-42(53-5)31-27-40)45-32-33-47(44-14-10-9-13-43(44)45)49-46-15-11-8-12-34(46)3/h9-10,13-14,16-34,46,49H,6-8,11-12,15H2,1-5H3/q+1. The number of rotatable bonds is 13. The van der Waals surface area contributed by atoms with Gasteiger partial charge in [-0.05, 0) is 154 Å². The van der Waals surface area contributed by atoms with Crippen LogP contribution in [0.15, 0.2) is 133 Å². The largest absolute Gasteiger partial charge is 0.497 e. The van der Waals surface area contributed by atoms with Gasteiger partial charge in [0.2, 0.25) is 0 Å². The normalized spacial score (nSPS) is 15.5. The zero-order valence-electron chi connectivity index (χ0n) is 31.8. The Morgan fingerprint density at radius 1 is 0.566 bits per heavy atom. The second-order valence-corrected chi connectivity index (χ2v) is 14.1. The van der Waals surface area contributed by atoms with Crippen molar-refractivity contribution in [1.82, 2.24) is 0 Å². The molecule has 1 N–H and O–H groups in total. The molecule has 0 amide bonds. The van der Waals surface area contributed by atoms with Crippen LogP contribution in [0.5, 0.6) is 11.5 Å². The summed E-state index contributed by atoms with van der Waals surface area (Å²) >= 11 is 0. The average molecular weight is 703 g/mol. The molecule has 6 aromatic rings. The van der Waals surface area contributed by atoms with E-state index in [2.05, 4.69) is 145 Å². The van der Waals surface area contributed by atoms with E-state index in [-0.39, 0.29) is 0 Å². The third-order valence-electron chi connectivity index (χ3n) is 11.0. The van der Waals surface area contributed by atoms with Crippen molar-refractivity contribution < 1.29 is 9.47 Å². The summed E-state index contributed by atoms with van der Waals surface area (Å²) < 4.78 is 10.8. The molecule has 1 aliphatic rings. The minimum atomic E-state index is 0.501. The molecule has 0 heterocycles. The summed E-state index contributed by atoms with van der Waals surface area (Å²) in [7, 11) is 3.41. The Kier molecular flexibility index (Phi) is 11.1. The lowest BCUT2D eigenvalue weighted by molar-refractivity contribution is 0.350. The summed E-state index contributed by atoms with van der Waals surface area (Å²) in [6.45, 7) is 8.49. The van der Waals surface area contributed by atoms with E-state index >= 15 is 0 Å². The molecule has 1 fully saturated rings. The van der Waals surface area contributed by atoms with Crippen molar-refractivity contribution in [1.29, 1.82) is 0 Å². The van der Waals surface area contributed by atoms with Crippen LogP contribution in [0.1, 0.15) is 63.1 Å². The fourth-order valence-electron chi connectivity index (χ4n) is 8.02. The summed E-state index contributed by atoms with van der Waals surface area (Å²) in [5.41, 5.74) is 9.40. The molecule has 2 atom stereocenters. The van der Waals surface area contributed by atoms with Crippen molar-refractivity contribution in [2.45, 2.75) is 52.5 Å². The van der Waals surface area contributed by atoms with Crippen molar-refractivity contribution in [3.8, 4) is 11.5 Å². The highest BCUT2D eigenvalue weighted by Crippen LogP contribution is 2.41. The number of methoxy groups -OCH3 is 2. The van der Waals surface area contributed by atoms with Gasteiger partial charge in [-0.25, -0.2) is 0 Å². The number of benzene rings is 6. The molecule has 0 bridgehead atoms. The Hall–Kier alpha value is -5.55. The van der Waals surface area contributed by atoms with E-state index in [0.29, 0.717) is 12.0 Å². The molecule has 53 heavy (non-hydrogen) atoms. The van der Waals surface area contributed by atoms with E-state index in [1.54, 1.807) is 14.2 Å². The fourth-order valence-corrected chi connectivity index (χ4v) is 8.02.